The fraction of sp³-hybridized carbons (Fsp3) is 0.481. The van der Waals surface area contributed by atoms with Gasteiger partial charge in [0.1, 0.15) is 18.3 Å². The third-order valence-corrected chi connectivity index (χ3v) is 6.85. The van der Waals surface area contributed by atoms with Gasteiger partial charge in [0.15, 0.2) is 0 Å². The van der Waals surface area contributed by atoms with Crippen LogP contribution in [0.4, 0.5) is 0 Å². The van der Waals surface area contributed by atoms with Crippen LogP contribution in [0.25, 0.3) is 28.9 Å². The fourth-order valence-corrected chi connectivity index (χ4v) is 5.11. The van der Waals surface area contributed by atoms with Gasteiger partial charge in [-0.3, -0.25) is 14.0 Å². The summed E-state index contributed by atoms with van der Waals surface area (Å²) in [6, 6.07) is 1.83. The minimum absolute atomic E-state index is 0.0318. The van der Waals surface area contributed by atoms with Crippen LogP contribution < -0.4 is 9.47 Å². The first-order chi connectivity index (χ1) is 18.2. The van der Waals surface area contributed by atoms with Crippen LogP contribution in [0.1, 0.15) is 55.3 Å². The molecule has 0 saturated carbocycles. The van der Waals surface area contributed by atoms with Crippen LogP contribution in [-0.4, -0.2) is 76.8 Å². The Morgan fingerprint density at radius 1 is 1.21 bits per heavy atom. The summed E-state index contributed by atoms with van der Waals surface area (Å²) in [4.78, 5) is 11.8. The van der Waals surface area contributed by atoms with Crippen molar-refractivity contribution in [1.29, 1.82) is 0 Å². The lowest BCUT2D eigenvalue weighted by Gasteiger charge is -2.24. The Morgan fingerprint density at radius 2 is 2.00 bits per heavy atom. The number of likely N-dealkylation sites (N-methyl/N-ethyl adjacent to an activating group) is 1. The molecule has 0 aliphatic carbocycles. The number of nitrogens with zero attached hydrogens (tertiary/aromatic N) is 8. The minimum Gasteiger partial charge on any atom is -0.476 e. The third-order valence-electron chi connectivity index (χ3n) is 6.85. The van der Waals surface area contributed by atoms with Gasteiger partial charge in [-0.25, -0.2) is 14.6 Å². The van der Waals surface area contributed by atoms with Crippen LogP contribution in [0.3, 0.4) is 0 Å². The first kappa shape index (κ1) is 25.9. The first-order valence-electron chi connectivity index (χ1n) is 13.0. The van der Waals surface area contributed by atoms with Crippen molar-refractivity contribution in [2.45, 2.75) is 53.3 Å². The van der Waals surface area contributed by atoms with E-state index in [4.69, 9.17) is 24.5 Å². The molecule has 202 valence electrons. The summed E-state index contributed by atoms with van der Waals surface area (Å²) < 4.78 is 18.1. The molecular weight excluding hydrogens is 484 g/mol. The molecule has 38 heavy (non-hydrogen) atoms. The van der Waals surface area contributed by atoms with Gasteiger partial charge in [0.25, 0.3) is 0 Å². The number of aliphatic hydroxyl groups excluding tert-OH is 1. The van der Waals surface area contributed by atoms with Gasteiger partial charge in [-0.15, -0.1) is 5.10 Å². The predicted molar refractivity (Wildman–Crippen MR) is 145 cm³/mol. The van der Waals surface area contributed by atoms with Crippen molar-refractivity contribution in [3.05, 3.63) is 40.9 Å². The molecule has 0 aromatic carbocycles. The molecule has 5 heterocycles. The van der Waals surface area contributed by atoms with E-state index in [9.17, 15) is 5.11 Å². The highest BCUT2D eigenvalue weighted by Crippen LogP contribution is 2.35. The molecule has 11 heteroatoms. The molecule has 0 fully saturated rings. The highest BCUT2D eigenvalue weighted by Gasteiger charge is 2.25. The molecule has 1 aliphatic rings. The van der Waals surface area contributed by atoms with Crippen LogP contribution >= 0.6 is 0 Å². The maximum absolute atomic E-state index is 9.96. The van der Waals surface area contributed by atoms with Crippen molar-refractivity contribution in [3.63, 3.8) is 0 Å². The molecular formula is C27H36N8O3. The van der Waals surface area contributed by atoms with Crippen molar-refractivity contribution < 1.29 is 14.6 Å². The highest BCUT2D eigenvalue weighted by molar-refractivity contribution is 5.81. The summed E-state index contributed by atoms with van der Waals surface area (Å²) in [5, 5.41) is 19.4. The van der Waals surface area contributed by atoms with E-state index in [1.54, 1.807) is 11.0 Å². The van der Waals surface area contributed by atoms with Crippen LogP contribution in [0.2, 0.25) is 0 Å². The van der Waals surface area contributed by atoms with Crippen molar-refractivity contribution in [1.82, 2.24) is 38.8 Å². The van der Waals surface area contributed by atoms with Crippen LogP contribution in [0.15, 0.2) is 12.4 Å². The summed E-state index contributed by atoms with van der Waals surface area (Å²) in [6.07, 6.45) is 5.66. The number of aryl methyl sites for hydroxylation is 3. The molecule has 2 unspecified atom stereocenters. The smallest absolute Gasteiger partial charge is 0.240 e. The number of hydrogen-bond donors (Lipinski definition) is 1. The number of aliphatic hydroxyl groups is 1. The first-order valence-corrected chi connectivity index (χ1v) is 13.0. The van der Waals surface area contributed by atoms with Gasteiger partial charge in [0.2, 0.25) is 11.8 Å². The van der Waals surface area contributed by atoms with E-state index in [0.29, 0.717) is 31.5 Å². The van der Waals surface area contributed by atoms with Crippen LogP contribution in [0.5, 0.6) is 11.8 Å². The summed E-state index contributed by atoms with van der Waals surface area (Å²) >= 11 is 0. The largest absolute Gasteiger partial charge is 0.476 e. The molecule has 2 bridgehead atoms. The van der Waals surface area contributed by atoms with E-state index in [0.717, 1.165) is 45.2 Å². The molecule has 1 aliphatic heterocycles. The summed E-state index contributed by atoms with van der Waals surface area (Å²) in [6.45, 7) is 11.6. The highest BCUT2D eigenvalue weighted by atomic mass is 16.5. The van der Waals surface area contributed by atoms with Gasteiger partial charge in [-0.2, -0.15) is 5.10 Å². The molecule has 11 nitrogen and oxygen atoms in total. The van der Waals surface area contributed by atoms with E-state index in [-0.39, 0.29) is 18.8 Å². The average Bonchev–Trinajstić information content (AvgIpc) is 3.51. The number of rotatable bonds is 4. The van der Waals surface area contributed by atoms with E-state index in [2.05, 4.69) is 24.0 Å². The minimum atomic E-state index is -0.208. The molecule has 0 amide bonds. The Bertz CT molecular complexity index is 1500. The summed E-state index contributed by atoms with van der Waals surface area (Å²) in [7, 11) is 3.94. The lowest BCUT2D eigenvalue weighted by molar-refractivity contribution is 0.145. The summed E-state index contributed by atoms with van der Waals surface area (Å²) in [5.74, 6) is 2.04. The van der Waals surface area contributed by atoms with E-state index in [1.165, 1.54) is 0 Å². The Morgan fingerprint density at radius 3 is 2.74 bits per heavy atom. The summed E-state index contributed by atoms with van der Waals surface area (Å²) in [5.41, 5.74) is 6.08. The topological polar surface area (TPSA) is 108 Å². The van der Waals surface area contributed by atoms with Gasteiger partial charge in [0.05, 0.1) is 58.7 Å². The number of aromatic nitrogens is 7. The second kappa shape index (κ2) is 10.2. The monoisotopic (exact) mass is 520 g/mol. The Balaban J connectivity index is 1.75. The third kappa shape index (κ3) is 4.56. The Hall–Kier alpha value is -3.70. The number of ether oxygens (including phenoxy) is 2. The maximum atomic E-state index is 9.96. The van der Waals surface area contributed by atoms with E-state index in [1.807, 2.05) is 62.0 Å². The van der Waals surface area contributed by atoms with Crippen molar-refractivity contribution in [2.75, 3.05) is 26.8 Å². The predicted octanol–water partition coefficient (Wildman–Crippen LogP) is 3.28. The zero-order valence-corrected chi connectivity index (χ0v) is 23.1. The maximum Gasteiger partial charge on any atom is 0.240 e. The van der Waals surface area contributed by atoms with Gasteiger partial charge in [0, 0.05) is 20.1 Å². The van der Waals surface area contributed by atoms with Gasteiger partial charge < -0.3 is 14.6 Å². The second-order valence-electron chi connectivity index (χ2n) is 10.00. The number of fused-ring (bicyclic) bond motifs is 4. The molecule has 0 saturated heterocycles. The zero-order valence-electron chi connectivity index (χ0n) is 23.1. The second-order valence-corrected chi connectivity index (χ2v) is 10.00. The molecule has 2 atom stereocenters. The van der Waals surface area contributed by atoms with Gasteiger partial charge >= 0.3 is 0 Å². The fourth-order valence-electron chi connectivity index (χ4n) is 5.11. The SMILES string of the molecule is CCOc1nn(C(C)CO)c2c1/C=C/c1ncn3c(C)nc(cc13)-c1c(C)nn(C)c1OC(C)CN(C)C2. The normalized spacial score (nSPS) is 17.9. The van der Waals surface area contributed by atoms with Gasteiger partial charge in [-0.1, -0.05) is 0 Å². The van der Waals surface area contributed by atoms with E-state index < -0.39 is 0 Å². The van der Waals surface area contributed by atoms with Crippen molar-refractivity contribution in [3.8, 4) is 23.0 Å². The number of hydrogen-bond acceptors (Lipinski definition) is 8. The van der Waals surface area contributed by atoms with Crippen molar-refractivity contribution >= 4 is 17.7 Å². The van der Waals surface area contributed by atoms with Crippen molar-refractivity contribution in [2.24, 2.45) is 7.05 Å². The van der Waals surface area contributed by atoms with Crippen LogP contribution in [0, 0.1) is 13.8 Å². The molecule has 1 N–H and O–H groups in total. The average molecular weight is 521 g/mol. The molecule has 4 aromatic rings. The van der Waals surface area contributed by atoms with Crippen LogP contribution in [-0.2, 0) is 13.6 Å². The quantitative estimate of drug-likeness (QED) is 0.437. The Kier molecular flexibility index (Phi) is 6.97. The van der Waals surface area contributed by atoms with Gasteiger partial charge in [-0.05, 0) is 59.9 Å². The van der Waals surface area contributed by atoms with E-state index >= 15 is 0 Å². The molecule has 5 rings (SSSR count). The number of imidazole rings is 1. The lowest BCUT2D eigenvalue weighted by atomic mass is 10.1. The molecule has 4 aromatic heterocycles. The lowest BCUT2D eigenvalue weighted by Crippen LogP contribution is -2.32. The standard InChI is InChI=1S/C27H36N8O3/c1-8-37-26-20-9-10-21-23-11-22(29-19(5)34(23)15-28-21)25-18(4)30-33(7)27(25)38-17(3)12-32(6)13-24(20)35(31-26)16(2)14-36/h9-11,15-17,36H,8,12-14H2,1-7H3/b10-9+. The molecule has 0 radical (unpaired) electrons. The zero-order chi connectivity index (χ0) is 27.1. The Labute approximate surface area is 222 Å². The molecule has 0 spiro atoms.